The number of imidazole rings is 1. The smallest absolute Gasteiger partial charge is 0.184 e. The zero-order valence-electron chi connectivity index (χ0n) is 12.7. The molecule has 107 valence electrons. The first kappa shape index (κ1) is 13.9. The summed E-state index contributed by atoms with van der Waals surface area (Å²) < 4.78 is 0. The molecule has 1 aromatic heterocycles. The van der Waals surface area contributed by atoms with Crippen LogP contribution in [0.2, 0.25) is 0 Å². The van der Waals surface area contributed by atoms with E-state index in [9.17, 15) is 5.21 Å². The van der Waals surface area contributed by atoms with Gasteiger partial charge in [0.25, 0.3) is 0 Å². The highest BCUT2D eigenvalue weighted by molar-refractivity contribution is 5.75. The molecule has 1 aromatic carbocycles. The zero-order chi connectivity index (χ0) is 15.3. The number of fused-ring (bicyclic) bond motifs is 1. The molecular formula is C17H18N3O. The summed E-state index contributed by atoms with van der Waals surface area (Å²) in [5.74, 6) is 6.77. The van der Waals surface area contributed by atoms with Crippen LogP contribution in [0.4, 0.5) is 0 Å². The molecule has 3 rings (SSSR count). The van der Waals surface area contributed by atoms with Crippen LogP contribution in [-0.4, -0.2) is 26.1 Å². The minimum atomic E-state index is -0.609. The summed E-state index contributed by atoms with van der Waals surface area (Å²) in [6.45, 7) is 7.59. The van der Waals surface area contributed by atoms with Gasteiger partial charge >= 0.3 is 0 Å². The molecule has 21 heavy (non-hydrogen) atoms. The van der Waals surface area contributed by atoms with Crippen LogP contribution in [0.25, 0.3) is 11.0 Å². The van der Waals surface area contributed by atoms with E-state index in [1.165, 1.54) is 0 Å². The topological polar surface area (TPSA) is 51.8 Å². The van der Waals surface area contributed by atoms with Crippen molar-refractivity contribution in [3.63, 3.8) is 0 Å². The monoisotopic (exact) mass is 280 g/mol. The van der Waals surface area contributed by atoms with Crippen LogP contribution in [0, 0.1) is 11.8 Å². The summed E-state index contributed by atoms with van der Waals surface area (Å²) in [6.07, 6.45) is 1.94. The normalized spacial score (nSPS) is 20.1. The van der Waals surface area contributed by atoms with Crippen molar-refractivity contribution in [3.8, 4) is 11.8 Å². The van der Waals surface area contributed by atoms with Gasteiger partial charge in [0.2, 0.25) is 0 Å². The van der Waals surface area contributed by atoms with Gasteiger partial charge in [-0.3, -0.25) is 0 Å². The van der Waals surface area contributed by atoms with Crippen molar-refractivity contribution in [2.45, 2.75) is 38.8 Å². The maximum Gasteiger partial charge on any atom is 0.184 e. The second-order valence-electron chi connectivity index (χ2n) is 6.42. The van der Waals surface area contributed by atoms with E-state index < -0.39 is 11.1 Å². The Kier molecular flexibility index (Phi) is 2.94. The summed E-state index contributed by atoms with van der Waals surface area (Å²) in [6, 6.07) is 7.81. The molecule has 0 spiro atoms. The largest absolute Gasteiger partial charge is 0.331 e. The van der Waals surface area contributed by atoms with Crippen LogP contribution in [0.1, 0.15) is 33.5 Å². The first-order chi connectivity index (χ1) is 9.80. The highest BCUT2D eigenvalue weighted by atomic mass is 16.5. The lowest BCUT2D eigenvalue weighted by molar-refractivity contribution is -0.237. The van der Waals surface area contributed by atoms with Crippen LogP contribution >= 0.6 is 0 Å². The number of nitrogens with one attached hydrogen (secondary N) is 1. The minimum Gasteiger partial charge on any atom is -0.331 e. The zero-order valence-corrected chi connectivity index (χ0v) is 12.7. The second kappa shape index (κ2) is 4.45. The number of hydrogen-bond acceptors (Lipinski definition) is 2. The van der Waals surface area contributed by atoms with Crippen LogP contribution in [0.15, 0.2) is 35.9 Å². The third-order valence-corrected chi connectivity index (χ3v) is 3.89. The Morgan fingerprint density at radius 2 is 1.86 bits per heavy atom. The number of benzene rings is 1. The molecule has 2 heterocycles. The molecule has 0 fully saturated rings. The van der Waals surface area contributed by atoms with E-state index in [-0.39, 0.29) is 0 Å². The predicted molar refractivity (Wildman–Crippen MR) is 81.7 cm³/mol. The van der Waals surface area contributed by atoms with Gasteiger partial charge in [0.05, 0.1) is 22.1 Å². The van der Waals surface area contributed by atoms with Gasteiger partial charge in [-0.15, -0.1) is 10.3 Å². The third-order valence-electron chi connectivity index (χ3n) is 3.89. The molecule has 4 nitrogen and oxygen atoms in total. The van der Waals surface area contributed by atoms with Gasteiger partial charge in [0, 0.05) is 5.57 Å². The number of hydroxylamine groups is 2. The van der Waals surface area contributed by atoms with Crippen LogP contribution in [0.3, 0.4) is 0 Å². The van der Waals surface area contributed by atoms with E-state index in [1.807, 2.05) is 58.0 Å². The molecule has 1 radical (unpaired) electrons. The molecule has 0 bridgehead atoms. The average molecular weight is 280 g/mol. The molecular weight excluding hydrogens is 262 g/mol. The molecule has 0 aliphatic carbocycles. The second-order valence-corrected chi connectivity index (χ2v) is 6.42. The molecule has 1 aliphatic rings. The van der Waals surface area contributed by atoms with Crippen LogP contribution in [-0.2, 0) is 5.21 Å². The van der Waals surface area contributed by atoms with Gasteiger partial charge < -0.3 is 4.98 Å². The Hall–Kier alpha value is -2.09. The maximum atomic E-state index is 12.3. The molecule has 2 aromatic rings. The number of aromatic amines is 1. The van der Waals surface area contributed by atoms with E-state index in [4.69, 9.17) is 0 Å². The summed E-state index contributed by atoms with van der Waals surface area (Å²) in [4.78, 5) is 7.60. The Morgan fingerprint density at radius 1 is 1.14 bits per heavy atom. The third kappa shape index (κ3) is 2.25. The number of para-hydroxylation sites is 2. The lowest BCUT2D eigenvalue weighted by Gasteiger charge is -2.32. The van der Waals surface area contributed by atoms with Crippen molar-refractivity contribution in [1.82, 2.24) is 15.0 Å². The number of hydrogen-bond donors (Lipinski definition) is 1. The molecule has 4 heteroatoms. The lowest BCUT2D eigenvalue weighted by Crippen LogP contribution is -2.46. The lowest BCUT2D eigenvalue weighted by atomic mass is 9.97. The fourth-order valence-electron chi connectivity index (χ4n) is 2.75. The standard InChI is InChI=1S/C17H18N3O/c1-16(2)11-12(17(3,4)20(16)21)9-10-15-18-13-7-5-6-8-14(13)19-15/h5-8,11H,1-4H3,(H,18,19). The van der Waals surface area contributed by atoms with Crippen molar-refractivity contribution in [3.05, 3.63) is 41.7 Å². The van der Waals surface area contributed by atoms with Crippen molar-refractivity contribution in [2.75, 3.05) is 0 Å². The predicted octanol–water partition coefficient (Wildman–Crippen LogP) is 3.06. The van der Waals surface area contributed by atoms with E-state index in [2.05, 4.69) is 21.8 Å². The van der Waals surface area contributed by atoms with Crippen molar-refractivity contribution in [2.24, 2.45) is 0 Å². The Labute approximate surface area is 124 Å². The summed E-state index contributed by atoms with van der Waals surface area (Å²) >= 11 is 0. The van der Waals surface area contributed by atoms with Gasteiger partial charge in [0.15, 0.2) is 5.82 Å². The van der Waals surface area contributed by atoms with Crippen LogP contribution < -0.4 is 0 Å². The minimum absolute atomic E-state index is 0.526. The van der Waals surface area contributed by atoms with E-state index >= 15 is 0 Å². The maximum absolute atomic E-state index is 12.3. The first-order valence-electron chi connectivity index (χ1n) is 6.98. The number of nitrogens with zero attached hydrogens (tertiary/aromatic N) is 2. The summed E-state index contributed by atoms with van der Waals surface area (Å²) in [5.41, 5.74) is 1.56. The Morgan fingerprint density at radius 3 is 2.48 bits per heavy atom. The molecule has 0 unspecified atom stereocenters. The van der Waals surface area contributed by atoms with E-state index in [0.29, 0.717) is 5.82 Å². The van der Waals surface area contributed by atoms with Gasteiger partial charge in [0.1, 0.15) is 0 Å². The molecule has 0 saturated carbocycles. The molecule has 0 atom stereocenters. The number of H-pyrrole nitrogens is 1. The quantitative estimate of drug-likeness (QED) is 0.754. The summed E-state index contributed by atoms with van der Waals surface area (Å²) in [5, 5.41) is 13.4. The number of rotatable bonds is 0. The highest BCUT2D eigenvalue weighted by Gasteiger charge is 2.45. The van der Waals surface area contributed by atoms with Crippen molar-refractivity contribution >= 4 is 11.0 Å². The van der Waals surface area contributed by atoms with E-state index in [0.717, 1.165) is 21.7 Å². The molecule has 0 amide bonds. The van der Waals surface area contributed by atoms with Crippen LogP contribution in [0.5, 0.6) is 0 Å². The van der Waals surface area contributed by atoms with Gasteiger partial charge in [-0.25, -0.2) is 4.98 Å². The number of aromatic nitrogens is 2. The van der Waals surface area contributed by atoms with E-state index in [1.54, 1.807) is 0 Å². The van der Waals surface area contributed by atoms with Gasteiger partial charge in [-0.1, -0.05) is 18.1 Å². The molecule has 0 saturated heterocycles. The van der Waals surface area contributed by atoms with Crippen molar-refractivity contribution < 1.29 is 5.21 Å². The summed E-state index contributed by atoms with van der Waals surface area (Å²) in [7, 11) is 0. The fourth-order valence-corrected chi connectivity index (χ4v) is 2.75. The van der Waals surface area contributed by atoms with Gasteiger partial charge in [-0.2, -0.15) is 0 Å². The molecule has 1 aliphatic heterocycles. The molecule has 1 N–H and O–H groups in total. The Balaban J connectivity index is 1.97. The van der Waals surface area contributed by atoms with Crippen molar-refractivity contribution in [1.29, 1.82) is 0 Å². The SMILES string of the molecule is CC1(C)C=C(C#Cc2nc3ccccc3[nH]2)C(C)(C)N1[O]. The average Bonchev–Trinajstić information content (AvgIpc) is 2.90. The first-order valence-corrected chi connectivity index (χ1v) is 6.98. The highest BCUT2D eigenvalue weighted by Crippen LogP contribution is 2.38. The Bertz CT molecular complexity index is 754. The fraction of sp³-hybridized carbons (Fsp3) is 0.353. The van der Waals surface area contributed by atoms with Gasteiger partial charge in [-0.05, 0) is 51.8 Å².